The molecule has 2 aliphatic rings. The van der Waals surface area contributed by atoms with Crippen LogP contribution in [0.3, 0.4) is 0 Å². The van der Waals surface area contributed by atoms with Crippen molar-refractivity contribution in [2.75, 3.05) is 32.7 Å². The van der Waals surface area contributed by atoms with Crippen LogP contribution in [0.15, 0.2) is 0 Å². The Hall–Kier alpha value is -0.810. The average Bonchev–Trinajstić information content (AvgIpc) is 2.81. The van der Waals surface area contributed by atoms with Gasteiger partial charge in [-0.2, -0.15) is 0 Å². The Balaban J connectivity index is 1.59. The Kier molecular flexibility index (Phi) is 4.42. The monoisotopic (exact) mass is 226 g/mol. The Morgan fingerprint density at radius 2 is 2.06 bits per heavy atom. The summed E-state index contributed by atoms with van der Waals surface area (Å²) in [5.41, 5.74) is 0. The van der Waals surface area contributed by atoms with E-state index < -0.39 is 0 Å². The summed E-state index contributed by atoms with van der Waals surface area (Å²) in [5, 5.41) is 12.5. The highest BCUT2D eigenvalue weighted by molar-refractivity contribution is 5.74. The SMILES string of the molecule is O=C(NCC1CCCNC1)NC1CCNC1. The van der Waals surface area contributed by atoms with Crippen molar-refractivity contribution in [2.45, 2.75) is 25.3 Å². The molecule has 4 N–H and O–H groups in total. The van der Waals surface area contributed by atoms with Gasteiger partial charge in [0.1, 0.15) is 0 Å². The Bertz CT molecular complexity index is 222. The lowest BCUT2D eigenvalue weighted by atomic mass is 10.00. The molecule has 2 heterocycles. The smallest absolute Gasteiger partial charge is 0.315 e. The third-order valence-electron chi connectivity index (χ3n) is 3.35. The van der Waals surface area contributed by atoms with Crippen molar-refractivity contribution in [1.82, 2.24) is 21.3 Å². The predicted octanol–water partition coefficient (Wildman–Crippen LogP) is -0.353. The summed E-state index contributed by atoms with van der Waals surface area (Å²) in [6, 6.07) is 0.295. The van der Waals surface area contributed by atoms with Gasteiger partial charge in [0.25, 0.3) is 0 Å². The number of rotatable bonds is 3. The van der Waals surface area contributed by atoms with Gasteiger partial charge in [0.2, 0.25) is 0 Å². The number of hydrogen-bond donors (Lipinski definition) is 4. The van der Waals surface area contributed by atoms with E-state index >= 15 is 0 Å². The van der Waals surface area contributed by atoms with Gasteiger partial charge in [-0.1, -0.05) is 0 Å². The van der Waals surface area contributed by atoms with Gasteiger partial charge in [0, 0.05) is 19.1 Å². The van der Waals surface area contributed by atoms with E-state index in [2.05, 4.69) is 21.3 Å². The van der Waals surface area contributed by atoms with Gasteiger partial charge in [0.15, 0.2) is 0 Å². The summed E-state index contributed by atoms with van der Waals surface area (Å²) >= 11 is 0. The van der Waals surface area contributed by atoms with E-state index in [1.165, 1.54) is 12.8 Å². The molecule has 5 heteroatoms. The maximum atomic E-state index is 11.6. The normalized spacial score (nSPS) is 30.0. The summed E-state index contributed by atoms with van der Waals surface area (Å²) in [6.45, 7) is 4.86. The van der Waals surface area contributed by atoms with E-state index in [4.69, 9.17) is 0 Å². The van der Waals surface area contributed by atoms with E-state index in [0.717, 1.165) is 39.1 Å². The van der Waals surface area contributed by atoms with Gasteiger partial charge < -0.3 is 21.3 Å². The van der Waals surface area contributed by atoms with E-state index in [-0.39, 0.29) is 6.03 Å². The average molecular weight is 226 g/mol. The first-order chi connectivity index (χ1) is 7.84. The number of amides is 2. The Morgan fingerprint density at radius 3 is 2.75 bits per heavy atom. The molecule has 2 unspecified atom stereocenters. The molecule has 0 aromatic heterocycles. The second-order valence-electron chi connectivity index (χ2n) is 4.76. The van der Waals surface area contributed by atoms with Gasteiger partial charge in [-0.3, -0.25) is 0 Å². The molecule has 0 saturated carbocycles. The molecule has 0 aromatic rings. The molecule has 0 aliphatic carbocycles. The summed E-state index contributed by atoms with van der Waals surface area (Å²) in [6.07, 6.45) is 3.48. The van der Waals surface area contributed by atoms with Crippen molar-refractivity contribution in [3.63, 3.8) is 0 Å². The highest BCUT2D eigenvalue weighted by Crippen LogP contribution is 2.08. The van der Waals surface area contributed by atoms with Crippen LogP contribution in [0, 0.1) is 5.92 Å². The number of nitrogens with one attached hydrogen (secondary N) is 4. The minimum absolute atomic E-state index is 0.0146. The minimum Gasteiger partial charge on any atom is -0.338 e. The first-order valence-electron chi connectivity index (χ1n) is 6.30. The third-order valence-corrected chi connectivity index (χ3v) is 3.35. The topological polar surface area (TPSA) is 65.2 Å². The molecule has 0 radical (unpaired) electrons. The number of hydrogen-bond acceptors (Lipinski definition) is 3. The lowest BCUT2D eigenvalue weighted by molar-refractivity contribution is 0.234. The lowest BCUT2D eigenvalue weighted by Gasteiger charge is -2.23. The second-order valence-corrected chi connectivity index (χ2v) is 4.76. The lowest BCUT2D eigenvalue weighted by Crippen LogP contribution is -2.46. The van der Waals surface area contributed by atoms with Crippen LogP contribution in [0.1, 0.15) is 19.3 Å². The summed E-state index contributed by atoms with van der Waals surface area (Å²) in [4.78, 5) is 11.6. The number of carbonyl (C=O) groups is 1. The largest absolute Gasteiger partial charge is 0.338 e. The van der Waals surface area contributed by atoms with Crippen molar-refractivity contribution in [1.29, 1.82) is 0 Å². The molecule has 16 heavy (non-hydrogen) atoms. The van der Waals surface area contributed by atoms with Crippen molar-refractivity contribution >= 4 is 6.03 Å². The standard InChI is InChI=1S/C11H22N4O/c16-11(15-10-3-5-13-8-10)14-7-9-2-1-4-12-6-9/h9-10,12-13H,1-8H2,(H2,14,15,16). The number of carbonyl (C=O) groups excluding carboxylic acids is 1. The first kappa shape index (κ1) is 11.7. The highest BCUT2D eigenvalue weighted by Gasteiger charge is 2.18. The van der Waals surface area contributed by atoms with Crippen molar-refractivity contribution in [2.24, 2.45) is 5.92 Å². The van der Waals surface area contributed by atoms with Crippen molar-refractivity contribution < 1.29 is 4.79 Å². The van der Waals surface area contributed by atoms with E-state index in [1.807, 2.05) is 0 Å². The van der Waals surface area contributed by atoms with Crippen LogP contribution in [0.4, 0.5) is 4.79 Å². The van der Waals surface area contributed by atoms with Crippen LogP contribution in [-0.4, -0.2) is 44.8 Å². The second kappa shape index (κ2) is 6.06. The molecule has 0 bridgehead atoms. The van der Waals surface area contributed by atoms with Gasteiger partial charge in [-0.15, -0.1) is 0 Å². The van der Waals surface area contributed by atoms with Crippen LogP contribution < -0.4 is 21.3 Å². The maximum Gasteiger partial charge on any atom is 0.315 e. The van der Waals surface area contributed by atoms with Crippen LogP contribution in [-0.2, 0) is 0 Å². The maximum absolute atomic E-state index is 11.6. The van der Waals surface area contributed by atoms with Gasteiger partial charge in [-0.25, -0.2) is 4.79 Å². The van der Waals surface area contributed by atoms with E-state index in [0.29, 0.717) is 12.0 Å². The number of urea groups is 1. The summed E-state index contributed by atoms with van der Waals surface area (Å²) in [5.74, 6) is 0.598. The van der Waals surface area contributed by atoms with Crippen LogP contribution >= 0.6 is 0 Å². The van der Waals surface area contributed by atoms with Gasteiger partial charge >= 0.3 is 6.03 Å². The quantitative estimate of drug-likeness (QED) is 0.532. The zero-order valence-corrected chi connectivity index (χ0v) is 9.72. The molecule has 5 nitrogen and oxygen atoms in total. The van der Waals surface area contributed by atoms with Crippen molar-refractivity contribution in [3.8, 4) is 0 Å². The number of piperidine rings is 1. The molecular weight excluding hydrogens is 204 g/mol. The summed E-state index contributed by atoms with van der Waals surface area (Å²) in [7, 11) is 0. The fourth-order valence-electron chi connectivity index (χ4n) is 2.35. The highest BCUT2D eigenvalue weighted by atomic mass is 16.2. The molecule has 2 amide bonds. The molecule has 2 fully saturated rings. The molecule has 0 spiro atoms. The molecule has 2 atom stereocenters. The zero-order valence-electron chi connectivity index (χ0n) is 9.72. The van der Waals surface area contributed by atoms with E-state index in [9.17, 15) is 4.79 Å². The molecule has 2 aliphatic heterocycles. The fraction of sp³-hybridized carbons (Fsp3) is 0.909. The van der Waals surface area contributed by atoms with Gasteiger partial charge in [0.05, 0.1) is 0 Å². The van der Waals surface area contributed by atoms with Crippen LogP contribution in [0.2, 0.25) is 0 Å². The molecule has 2 saturated heterocycles. The van der Waals surface area contributed by atoms with Crippen LogP contribution in [0.25, 0.3) is 0 Å². The summed E-state index contributed by atoms with van der Waals surface area (Å²) < 4.78 is 0. The molecular formula is C11H22N4O. The zero-order chi connectivity index (χ0) is 11.2. The van der Waals surface area contributed by atoms with Crippen molar-refractivity contribution in [3.05, 3.63) is 0 Å². The Labute approximate surface area is 96.7 Å². The minimum atomic E-state index is -0.0146. The molecule has 92 valence electrons. The third kappa shape index (κ3) is 3.64. The fourth-order valence-corrected chi connectivity index (χ4v) is 2.35. The Morgan fingerprint density at radius 1 is 1.19 bits per heavy atom. The first-order valence-corrected chi connectivity index (χ1v) is 6.30. The molecule has 0 aromatic carbocycles. The van der Waals surface area contributed by atoms with Gasteiger partial charge in [-0.05, 0) is 44.8 Å². The molecule has 2 rings (SSSR count). The van der Waals surface area contributed by atoms with Crippen LogP contribution in [0.5, 0.6) is 0 Å². The predicted molar refractivity (Wildman–Crippen MR) is 63.4 cm³/mol. The van der Waals surface area contributed by atoms with E-state index in [1.54, 1.807) is 0 Å².